The first-order valence-corrected chi connectivity index (χ1v) is 22.4. The fourth-order valence-electron chi connectivity index (χ4n) is 14.7. The van der Waals surface area contributed by atoms with Crippen LogP contribution in [0.2, 0.25) is 0 Å². The predicted molar refractivity (Wildman–Crippen MR) is 219 cm³/mol. The second-order valence-electron chi connectivity index (χ2n) is 22.4. The normalized spacial score (nSPS) is 42.3. The molecule has 0 unspecified atom stereocenters. The molecular weight excluding hydrogens is 742 g/mol. The van der Waals surface area contributed by atoms with E-state index in [-0.39, 0.29) is 69.6 Å². The fourth-order valence-corrected chi connectivity index (χ4v) is 15.0. The molecule has 6 fully saturated rings. The number of halogens is 1. The summed E-state index contributed by atoms with van der Waals surface area (Å²) in [5, 5.41) is 16.1. The summed E-state index contributed by atoms with van der Waals surface area (Å²) < 4.78 is 7.93. The van der Waals surface area contributed by atoms with Gasteiger partial charge in [0.15, 0.2) is 5.78 Å². The van der Waals surface area contributed by atoms with Gasteiger partial charge >= 0.3 is 11.9 Å². The van der Waals surface area contributed by atoms with E-state index in [4.69, 9.17) is 16.5 Å². The van der Waals surface area contributed by atoms with Crippen LogP contribution < -0.4 is 10.6 Å². The molecule has 11 heteroatoms. The minimum absolute atomic E-state index is 0.0125. The Bertz CT molecular complexity index is 1770. The van der Waals surface area contributed by atoms with Crippen molar-refractivity contribution in [3.8, 4) is 0 Å². The van der Waals surface area contributed by atoms with E-state index in [0.717, 1.165) is 62.5 Å². The number of ketones is 1. The number of hydrogen-bond acceptors (Lipinski definition) is 7. The van der Waals surface area contributed by atoms with Gasteiger partial charge in [0.25, 0.3) is 0 Å². The highest BCUT2D eigenvalue weighted by atomic mass is 35.5. The average molecular weight is 813 g/mol. The van der Waals surface area contributed by atoms with Crippen LogP contribution in [0.5, 0.6) is 0 Å². The Hall–Kier alpha value is -2.46. The third-order valence-corrected chi connectivity index (χ3v) is 18.7. The standard InChI is InChI=1S/C46H70ClN3O7/c1-25(2)34-30(51)24-46(49-39(56)42(7,8)48-36(52)29-13-12-22-50(29)47)21-20-44(10)26(35(34)46)14-15-32-43(9)18-17-33(41(5,6)31(43)16-19-45(32,44)11)57-38(55)28-23-27(37(53)54)40(28,3)4/h25-29,31-33H,12-24H2,1-11H3,(H,48,52)(H,49,56)(H,53,54)/t26-,27+,28-,29+,31+,32-,33+,43+,44-,45-,46-/m1/s1. The molecule has 7 rings (SSSR count). The lowest BCUT2D eigenvalue weighted by atomic mass is 9.33. The van der Waals surface area contributed by atoms with Gasteiger partial charge in [-0.05, 0) is 153 Å². The monoisotopic (exact) mass is 811 g/mol. The van der Waals surface area contributed by atoms with Crippen LogP contribution in [0.4, 0.5) is 0 Å². The Morgan fingerprint density at radius 2 is 1.54 bits per heavy atom. The molecular formula is C46H70ClN3O7. The van der Waals surface area contributed by atoms with Gasteiger partial charge in [0.1, 0.15) is 17.7 Å². The number of allylic oxidation sites excluding steroid dienone is 1. The number of fused-ring (bicyclic) bond motifs is 7. The first-order chi connectivity index (χ1) is 26.3. The lowest BCUT2D eigenvalue weighted by Crippen LogP contribution is -2.68. The van der Waals surface area contributed by atoms with Crippen LogP contribution in [0.15, 0.2) is 11.1 Å². The largest absolute Gasteiger partial charge is 0.481 e. The predicted octanol–water partition coefficient (Wildman–Crippen LogP) is 8.01. The maximum Gasteiger partial charge on any atom is 0.309 e. The van der Waals surface area contributed by atoms with Crippen LogP contribution in [0, 0.1) is 62.6 Å². The number of ether oxygens (including phenoxy) is 1. The van der Waals surface area contributed by atoms with Crippen LogP contribution in [0.25, 0.3) is 0 Å². The molecule has 0 radical (unpaired) electrons. The molecule has 6 aliphatic carbocycles. The Morgan fingerprint density at radius 3 is 2.14 bits per heavy atom. The fraction of sp³-hybridized carbons (Fsp3) is 0.848. The Morgan fingerprint density at radius 1 is 0.860 bits per heavy atom. The number of nitrogens with zero attached hydrogens (tertiary/aromatic N) is 1. The zero-order valence-corrected chi connectivity index (χ0v) is 37.3. The van der Waals surface area contributed by atoms with Gasteiger partial charge in [-0.15, -0.1) is 0 Å². The summed E-state index contributed by atoms with van der Waals surface area (Å²) >= 11 is 6.33. The van der Waals surface area contributed by atoms with Gasteiger partial charge in [0.05, 0.1) is 17.4 Å². The molecule has 2 amide bonds. The number of carbonyl (C=O) groups excluding carboxylic acids is 4. The van der Waals surface area contributed by atoms with Crippen LogP contribution in [0.1, 0.15) is 153 Å². The molecule has 10 nitrogen and oxygen atoms in total. The average Bonchev–Trinajstić information content (AvgIpc) is 3.65. The number of rotatable bonds is 8. The first-order valence-electron chi connectivity index (χ1n) is 22.1. The Labute approximate surface area is 345 Å². The zero-order valence-electron chi connectivity index (χ0n) is 36.5. The highest BCUT2D eigenvalue weighted by Crippen LogP contribution is 2.76. The lowest BCUT2D eigenvalue weighted by Gasteiger charge is -2.72. The van der Waals surface area contributed by atoms with E-state index >= 15 is 0 Å². The highest BCUT2D eigenvalue weighted by molar-refractivity contribution is 6.15. The third-order valence-electron chi connectivity index (χ3n) is 18.3. The van der Waals surface area contributed by atoms with Gasteiger partial charge in [0.2, 0.25) is 11.8 Å². The van der Waals surface area contributed by atoms with E-state index in [1.807, 2.05) is 13.8 Å². The molecule has 7 aliphatic rings. The number of nitrogens with one attached hydrogen (secondary N) is 2. The van der Waals surface area contributed by atoms with Crippen molar-refractivity contribution >= 4 is 41.3 Å². The van der Waals surface area contributed by atoms with Crippen molar-refractivity contribution in [3.05, 3.63) is 11.1 Å². The summed E-state index contributed by atoms with van der Waals surface area (Å²) in [4.78, 5) is 67.2. The molecule has 0 bridgehead atoms. The smallest absolute Gasteiger partial charge is 0.309 e. The van der Waals surface area contributed by atoms with Gasteiger partial charge in [0, 0.05) is 18.4 Å². The van der Waals surface area contributed by atoms with Crippen molar-refractivity contribution in [2.45, 2.75) is 176 Å². The van der Waals surface area contributed by atoms with E-state index in [0.29, 0.717) is 37.6 Å². The molecule has 3 N–H and O–H groups in total. The molecule has 57 heavy (non-hydrogen) atoms. The Balaban J connectivity index is 1.13. The van der Waals surface area contributed by atoms with Gasteiger partial charge in [-0.2, -0.15) is 0 Å². The summed E-state index contributed by atoms with van der Waals surface area (Å²) in [5.41, 5.74) is -0.887. The van der Waals surface area contributed by atoms with E-state index < -0.39 is 40.3 Å². The summed E-state index contributed by atoms with van der Waals surface area (Å²) in [5.74, 6) is -1.45. The van der Waals surface area contributed by atoms with Gasteiger partial charge in [-0.1, -0.05) is 62.3 Å². The third kappa shape index (κ3) is 6.19. The van der Waals surface area contributed by atoms with E-state index in [2.05, 4.69) is 59.1 Å². The number of esters is 1. The number of aliphatic carboxylic acids is 1. The number of amides is 2. The van der Waals surface area contributed by atoms with Crippen molar-refractivity contribution in [1.82, 2.24) is 15.1 Å². The molecule has 0 spiro atoms. The molecule has 11 atom stereocenters. The van der Waals surface area contributed by atoms with Crippen LogP contribution in [-0.2, 0) is 28.7 Å². The molecule has 0 aromatic carbocycles. The highest BCUT2D eigenvalue weighted by Gasteiger charge is 2.71. The van der Waals surface area contributed by atoms with Gasteiger partial charge in [-0.25, -0.2) is 4.42 Å². The lowest BCUT2D eigenvalue weighted by molar-refractivity contribution is -0.235. The van der Waals surface area contributed by atoms with Crippen LogP contribution >= 0.6 is 11.8 Å². The van der Waals surface area contributed by atoms with Gasteiger partial charge in [-0.3, -0.25) is 24.0 Å². The van der Waals surface area contributed by atoms with E-state index in [1.54, 1.807) is 13.8 Å². The minimum Gasteiger partial charge on any atom is -0.481 e. The van der Waals surface area contributed by atoms with Gasteiger partial charge < -0.3 is 20.5 Å². The molecule has 1 aliphatic heterocycles. The van der Waals surface area contributed by atoms with E-state index in [9.17, 15) is 29.1 Å². The number of carbonyl (C=O) groups is 5. The first kappa shape index (κ1) is 42.7. The van der Waals surface area contributed by atoms with Crippen molar-refractivity contribution in [3.63, 3.8) is 0 Å². The number of Topliss-reactive ketones (excluding diaryl/α,β-unsaturated/α-hetero) is 1. The quantitative estimate of drug-likeness (QED) is 0.165. The second-order valence-corrected chi connectivity index (χ2v) is 22.8. The Kier molecular flexibility index (Phi) is 10.3. The second kappa shape index (κ2) is 13.8. The number of carboxylic acids is 1. The zero-order chi connectivity index (χ0) is 42.1. The number of carboxylic acid groups (broad SMARTS) is 1. The molecule has 1 saturated heterocycles. The van der Waals surface area contributed by atoms with E-state index in [1.165, 1.54) is 4.42 Å². The minimum atomic E-state index is -1.20. The maximum absolute atomic E-state index is 14.3. The molecule has 5 saturated carbocycles. The SMILES string of the molecule is CC(C)C1=C2[C@H]3CC[C@@H]4[C@@]5(C)CC[C@H](OC(=O)[C@H]6C[C@@H](C(=O)O)C6(C)C)C(C)(C)[C@@H]5CC[C@@]4(C)[C@]3(C)CC[C@@]2(NC(=O)C(C)(C)NC(=O)[C@@H]2CCCN2Cl)CC1=O. The van der Waals surface area contributed by atoms with Crippen LogP contribution in [-0.4, -0.2) is 68.8 Å². The van der Waals surface area contributed by atoms with Crippen molar-refractivity contribution in [2.24, 2.45) is 62.6 Å². The molecule has 0 aromatic rings. The summed E-state index contributed by atoms with van der Waals surface area (Å²) in [6.07, 6.45) is 9.22. The maximum atomic E-state index is 14.3. The van der Waals surface area contributed by atoms with Crippen LogP contribution in [0.3, 0.4) is 0 Å². The van der Waals surface area contributed by atoms with Crippen molar-refractivity contribution in [1.29, 1.82) is 0 Å². The molecule has 0 aromatic heterocycles. The summed E-state index contributed by atoms with van der Waals surface area (Å²) in [7, 11) is 0. The number of hydrogen-bond donors (Lipinski definition) is 3. The summed E-state index contributed by atoms with van der Waals surface area (Å²) in [6.45, 7) is 24.2. The topological polar surface area (TPSA) is 142 Å². The van der Waals surface area contributed by atoms with Crippen molar-refractivity contribution < 1.29 is 33.8 Å². The summed E-state index contributed by atoms with van der Waals surface area (Å²) in [6, 6.07) is -0.472. The molecule has 318 valence electrons. The van der Waals surface area contributed by atoms with Crippen molar-refractivity contribution in [2.75, 3.05) is 6.54 Å². The molecule has 1 heterocycles.